The monoisotopic (exact) mass is 692 g/mol. The zero-order valence-corrected chi connectivity index (χ0v) is 28.9. The lowest BCUT2D eigenvalue weighted by atomic mass is 9.77. The minimum Gasteiger partial charge on any atom is -0.380 e. The molecule has 0 aliphatic carbocycles. The number of carbonyl (C=O) groups excluding carboxylic acids is 2. The molecule has 3 aromatic carbocycles. The number of amides is 2. The van der Waals surface area contributed by atoms with E-state index in [9.17, 15) is 14.7 Å². The number of nitriles is 1. The van der Waals surface area contributed by atoms with Gasteiger partial charge in [0.25, 0.3) is 5.91 Å². The van der Waals surface area contributed by atoms with Gasteiger partial charge in [-0.1, -0.05) is 117 Å². The van der Waals surface area contributed by atoms with E-state index in [2.05, 4.69) is 15.8 Å². The van der Waals surface area contributed by atoms with Crippen molar-refractivity contribution in [2.24, 2.45) is 16.5 Å². The highest BCUT2D eigenvalue weighted by Gasteiger charge is 2.55. The largest absolute Gasteiger partial charge is 0.380 e. The first-order valence-corrected chi connectivity index (χ1v) is 17.7. The van der Waals surface area contributed by atoms with Gasteiger partial charge in [-0.2, -0.15) is 5.26 Å². The van der Waals surface area contributed by atoms with Crippen LogP contribution in [0.4, 0.5) is 5.13 Å². The second-order valence-corrected chi connectivity index (χ2v) is 14.4. The smallest absolute Gasteiger partial charge is 0.277 e. The number of β-lactam (4-membered cyclic amide) rings is 1. The van der Waals surface area contributed by atoms with Crippen LogP contribution in [0.3, 0.4) is 0 Å². The van der Waals surface area contributed by atoms with Crippen LogP contribution in [0.5, 0.6) is 0 Å². The number of aliphatic hydroxyl groups excluding tert-OH is 1. The molecule has 3 N–H and O–H groups in total. The highest BCUT2D eigenvalue weighted by Crippen LogP contribution is 2.45. The van der Waals surface area contributed by atoms with Gasteiger partial charge in [0.2, 0.25) is 12.5 Å². The summed E-state index contributed by atoms with van der Waals surface area (Å²) in [5.74, 6) is -1.26. The van der Waals surface area contributed by atoms with E-state index in [4.69, 9.17) is 15.1 Å². The molecule has 250 valence electrons. The molecule has 1 fully saturated rings. The van der Waals surface area contributed by atoms with E-state index in [-0.39, 0.29) is 28.8 Å². The molecule has 4 aromatic rings. The fraction of sp³-hybridized carbons (Fsp3) is 0.270. The third kappa shape index (κ3) is 6.70. The fourth-order valence-corrected chi connectivity index (χ4v) is 8.24. The minimum atomic E-state index is -1.47. The average Bonchev–Trinajstić information content (AvgIpc) is 3.57. The summed E-state index contributed by atoms with van der Waals surface area (Å²) >= 11 is 2.85. The molecule has 2 aliphatic rings. The molecule has 0 spiro atoms. The van der Waals surface area contributed by atoms with Crippen LogP contribution in [0.15, 0.2) is 113 Å². The van der Waals surface area contributed by atoms with Gasteiger partial charge < -0.3 is 25.5 Å². The molecule has 1 aromatic heterocycles. The predicted octanol–water partition coefficient (Wildman–Crippen LogP) is 5.69. The molecule has 0 bridgehead atoms. The minimum absolute atomic E-state index is 0.172. The Balaban J connectivity index is 1.30. The Kier molecular flexibility index (Phi) is 9.87. The van der Waals surface area contributed by atoms with Crippen LogP contribution in [0.1, 0.15) is 43.2 Å². The molecule has 0 radical (unpaired) electrons. The Bertz CT molecular complexity index is 1800. The van der Waals surface area contributed by atoms with Gasteiger partial charge in [-0.05, 0) is 22.1 Å². The quantitative estimate of drug-likeness (QED) is 0.0455. The topological polar surface area (TPSA) is 140 Å². The molecule has 6 rings (SSSR count). The first kappa shape index (κ1) is 33.9. The van der Waals surface area contributed by atoms with Crippen LogP contribution in [-0.4, -0.2) is 57.1 Å². The predicted molar refractivity (Wildman–Crippen MR) is 191 cm³/mol. The number of carbonyl (C=O) groups is 2. The lowest BCUT2D eigenvalue weighted by Crippen LogP contribution is -2.69. The SMILES string of the molecule is CC(C)(C)C1=CSCC2C(C(O)NC(=O)/C(=N\OCC#N)c3csc(NC(c4ccccc4)(c4ccccc4)c4ccccc4)n3)C(=O)N12. The van der Waals surface area contributed by atoms with Crippen LogP contribution in [0, 0.1) is 22.7 Å². The van der Waals surface area contributed by atoms with Crippen molar-refractivity contribution in [2.75, 3.05) is 17.7 Å². The van der Waals surface area contributed by atoms with Crippen molar-refractivity contribution < 1.29 is 19.5 Å². The number of benzene rings is 3. The summed E-state index contributed by atoms with van der Waals surface area (Å²) in [6.45, 7) is 5.70. The third-order valence-electron chi connectivity index (χ3n) is 8.54. The van der Waals surface area contributed by atoms with Crippen molar-refractivity contribution in [1.82, 2.24) is 15.2 Å². The number of nitrogens with one attached hydrogen (secondary N) is 2. The Morgan fingerprint density at radius 1 is 1.04 bits per heavy atom. The zero-order valence-electron chi connectivity index (χ0n) is 27.2. The summed E-state index contributed by atoms with van der Waals surface area (Å²) in [5.41, 5.74) is 2.63. The maximum atomic E-state index is 13.7. The van der Waals surface area contributed by atoms with Crippen LogP contribution in [0.25, 0.3) is 0 Å². The first-order chi connectivity index (χ1) is 23.6. The lowest BCUT2D eigenvalue weighted by molar-refractivity contribution is -0.162. The molecule has 1 saturated heterocycles. The van der Waals surface area contributed by atoms with Gasteiger partial charge in [-0.15, -0.1) is 23.1 Å². The molecule has 3 unspecified atom stereocenters. The number of anilines is 1. The molecule has 10 nitrogen and oxygen atoms in total. The lowest BCUT2D eigenvalue weighted by Gasteiger charge is -2.53. The Hall–Kier alpha value is -4.96. The molecule has 2 aliphatic heterocycles. The number of allylic oxidation sites excluding steroid dienone is 1. The van der Waals surface area contributed by atoms with Crippen molar-refractivity contribution in [3.63, 3.8) is 0 Å². The molecule has 12 heteroatoms. The van der Waals surface area contributed by atoms with Gasteiger partial charge in [0.05, 0.1) is 6.04 Å². The van der Waals surface area contributed by atoms with Gasteiger partial charge in [0.1, 0.15) is 29.4 Å². The van der Waals surface area contributed by atoms with E-state index in [1.807, 2.05) is 123 Å². The van der Waals surface area contributed by atoms with E-state index in [1.165, 1.54) is 11.3 Å². The van der Waals surface area contributed by atoms with Crippen LogP contribution < -0.4 is 10.6 Å². The summed E-state index contributed by atoms with van der Waals surface area (Å²) < 4.78 is 0. The summed E-state index contributed by atoms with van der Waals surface area (Å²) in [5, 5.41) is 34.5. The number of nitrogens with zero attached hydrogens (tertiary/aromatic N) is 4. The number of hydrogen-bond acceptors (Lipinski definition) is 10. The Morgan fingerprint density at radius 2 is 1.61 bits per heavy atom. The standard InChI is InChI=1S/C37H36N6O4S2/c1-36(2,3)29-23-48-22-28-30(34(46)43(28)29)32(44)40-33(45)31(42-47-20-19-38)27-21-49-35(39-27)41-37(24-13-7-4-8-14-24,25-15-9-5-10-16-25)26-17-11-6-12-18-26/h4-18,21,23,28,30,32,44H,20,22H2,1-3H3,(H,39,41)(H,40,45)/b42-31-. The molecule has 0 saturated carbocycles. The average molecular weight is 693 g/mol. The Labute approximate surface area is 293 Å². The summed E-state index contributed by atoms with van der Waals surface area (Å²) in [7, 11) is 0. The van der Waals surface area contributed by atoms with Gasteiger partial charge in [0, 0.05) is 22.2 Å². The molecular formula is C37H36N6O4S2. The fourth-order valence-electron chi connectivity index (χ4n) is 6.21. The first-order valence-electron chi connectivity index (χ1n) is 15.8. The molecular weight excluding hydrogens is 657 g/mol. The highest BCUT2D eigenvalue weighted by molar-refractivity contribution is 8.02. The van der Waals surface area contributed by atoms with Crippen LogP contribution in [0.2, 0.25) is 0 Å². The van der Waals surface area contributed by atoms with E-state index in [0.717, 1.165) is 22.4 Å². The van der Waals surface area contributed by atoms with E-state index in [1.54, 1.807) is 22.0 Å². The molecule has 49 heavy (non-hydrogen) atoms. The maximum Gasteiger partial charge on any atom is 0.277 e. The number of aliphatic hydroxyl groups is 1. The zero-order chi connectivity index (χ0) is 34.6. The van der Waals surface area contributed by atoms with Gasteiger partial charge in [-0.25, -0.2) is 4.98 Å². The third-order valence-corrected chi connectivity index (χ3v) is 10.2. The van der Waals surface area contributed by atoms with Crippen molar-refractivity contribution in [2.45, 2.75) is 38.6 Å². The molecule has 2 amide bonds. The van der Waals surface area contributed by atoms with Gasteiger partial charge >= 0.3 is 0 Å². The second-order valence-electron chi connectivity index (χ2n) is 12.7. The van der Waals surface area contributed by atoms with E-state index < -0.39 is 30.2 Å². The van der Waals surface area contributed by atoms with E-state index in [0.29, 0.717) is 10.9 Å². The van der Waals surface area contributed by atoms with Gasteiger partial charge in [0.15, 0.2) is 10.8 Å². The summed E-state index contributed by atoms with van der Waals surface area (Å²) in [6.07, 6.45) is -1.47. The number of fused-ring (bicyclic) bond motifs is 1. The highest BCUT2D eigenvalue weighted by atomic mass is 32.2. The van der Waals surface area contributed by atoms with Crippen LogP contribution in [-0.2, 0) is 20.0 Å². The summed E-state index contributed by atoms with van der Waals surface area (Å²) in [4.78, 5) is 38.6. The number of thiazole rings is 1. The maximum absolute atomic E-state index is 13.7. The van der Waals surface area contributed by atoms with Crippen molar-refractivity contribution in [3.05, 3.63) is 130 Å². The number of oxime groups is 1. The van der Waals surface area contributed by atoms with Crippen molar-refractivity contribution >= 4 is 45.8 Å². The van der Waals surface area contributed by atoms with E-state index >= 15 is 0 Å². The summed E-state index contributed by atoms with van der Waals surface area (Å²) in [6, 6.07) is 31.6. The number of thioether (sulfide) groups is 1. The van der Waals surface area contributed by atoms with Crippen LogP contribution >= 0.6 is 23.1 Å². The van der Waals surface area contributed by atoms with Crippen molar-refractivity contribution in [3.8, 4) is 6.07 Å². The number of aromatic nitrogens is 1. The molecule has 3 atom stereocenters. The van der Waals surface area contributed by atoms with Crippen molar-refractivity contribution in [1.29, 1.82) is 5.26 Å². The second kappa shape index (κ2) is 14.3. The number of hydrogen-bond donors (Lipinski definition) is 3. The normalized spacial score (nSPS) is 18.3. The molecule has 3 heterocycles. The number of rotatable bonds is 11. The van der Waals surface area contributed by atoms with Gasteiger partial charge in [-0.3, -0.25) is 9.59 Å². The Morgan fingerprint density at radius 3 is 2.14 bits per heavy atom.